The summed E-state index contributed by atoms with van der Waals surface area (Å²) in [7, 11) is 0. The lowest BCUT2D eigenvalue weighted by Gasteiger charge is -2.11. The van der Waals surface area contributed by atoms with E-state index in [2.05, 4.69) is 9.97 Å². The van der Waals surface area contributed by atoms with Gasteiger partial charge < -0.3 is 9.15 Å². The summed E-state index contributed by atoms with van der Waals surface area (Å²) in [6, 6.07) is 16.9. The molecule has 0 aliphatic heterocycles. The fourth-order valence-corrected chi connectivity index (χ4v) is 3.74. The predicted molar refractivity (Wildman–Crippen MR) is 121 cm³/mol. The van der Waals surface area contributed by atoms with E-state index in [4.69, 9.17) is 25.7 Å². The van der Waals surface area contributed by atoms with Crippen molar-refractivity contribution >= 4 is 17.6 Å². The quantitative estimate of drug-likeness (QED) is 0.330. The lowest BCUT2D eigenvalue weighted by molar-refractivity contribution is 0.0520. The van der Waals surface area contributed by atoms with Crippen molar-refractivity contribution in [3.63, 3.8) is 0 Å². The Hall–Kier alpha value is -3.51. The van der Waals surface area contributed by atoms with E-state index < -0.39 is 5.97 Å². The third kappa shape index (κ3) is 3.89. The molecule has 1 aliphatic rings. The van der Waals surface area contributed by atoms with Crippen LogP contribution in [0.25, 0.3) is 34.0 Å². The van der Waals surface area contributed by atoms with Crippen LogP contribution in [-0.4, -0.2) is 27.5 Å². The highest BCUT2D eigenvalue weighted by molar-refractivity contribution is 6.33. The lowest BCUT2D eigenvalue weighted by atomic mass is 10.0. The first-order valence-corrected chi connectivity index (χ1v) is 10.9. The van der Waals surface area contributed by atoms with Crippen LogP contribution in [0.4, 0.5) is 0 Å². The maximum absolute atomic E-state index is 12.8. The number of benzene rings is 2. The Labute approximate surface area is 190 Å². The van der Waals surface area contributed by atoms with Crippen molar-refractivity contribution in [2.24, 2.45) is 0 Å². The molecule has 0 amide bonds. The number of carbonyl (C=O) groups excluding carboxylic acids is 1. The molecule has 0 N–H and O–H groups in total. The van der Waals surface area contributed by atoms with E-state index in [0.29, 0.717) is 28.1 Å². The van der Waals surface area contributed by atoms with Crippen LogP contribution < -0.4 is 0 Å². The highest BCUT2D eigenvalue weighted by atomic mass is 35.5. The number of ether oxygens (including phenoxy) is 1. The molecule has 0 spiro atoms. The van der Waals surface area contributed by atoms with E-state index in [-0.39, 0.29) is 18.1 Å². The van der Waals surface area contributed by atoms with Crippen molar-refractivity contribution in [3.8, 4) is 34.0 Å². The predicted octanol–water partition coefficient (Wildman–Crippen LogP) is 6.17. The fourth-order valence-electron chi connectivity index (χ4n) is 3.51. The van der Waals surface area contributed by atoms with Gasteiger partial charge in [0.05, 0.1) is 6.61 Å². The number of hydrogen-bond acceptors (Lipinski definition) is 6. The number of oxazole rings is 1. The first-order chi connectivity index (χ1) is 15.7. The molecule has 0 unspecified atom stereocenters. The largest absolute Gasteiger partial charge is 0.461 e. The van der Waals surface area contributed by atoms with Crippen molar-refractivity contribution in [3.05, 3.63) is 77.3 Å². The summed E-state index contributed by atoms with van der Waals surface area (Å²) >= 11 is 6.49. The van der Waals surface area contributed by atoms with Gasteiger partial charge in [-0.25, -0.2) is 19.7 Å². The first kappa shape index (κ1) is 20.4. The van der Waals surface area contributed by atoms with Gasteiger partial charge in [-0.1, -0.05) is 48.0 Å². The minimum absolute atomic E-state index is 0.0828. The average Bonchev–Trinajstić information content (AvgIpc) is 3.58. The smallest absolute Gasteiger partial charge is 0.361 e. The van der Waals surface area contributed by atoms with Gasteiger partial charge in [-0.2, -0.15) is 0 Å². The maximum atomic E-state index is 12.8. The van der Waals surface area contributed by atoms with E-state index in [1.54, 1.807) is 19.2 Å². The zero-order chi connectivity index (χ0) is 22.1. The molecule has 2 heterocycles. The second-order valence-corrected chi connectivity index (χ2v) is 7.94. The van der Waals surface area contributed by atoms with Gasteiger partial charge in [0.1, 0.15) is 11.5 Å². The summed E-state index contributed by atoms with van der Waals surface area (Å²) in [4.78, 5) is 26.7. The molecule has 0 radical (unpaired) electrons. The lowest BCUT2D eigenvalue weighted by Crippen LogP contribution is -2.08. The Morgan fingerprint density at radius 2 is 1.81 bits per heavy atom. The summed E-state index contributed by atoms with van der Waals surface area (Å²) < 4.78 is 11.4. The molecular weight excluding hydrogens is 426 g/mol. The fraction of sp³-hybridized carbons (Fsp3) is 0.200. The average molecular weight is 446 g/mol. The third-order valence-corrected chi connectivity index (χ3v) is 5.58. The van der Waals surface area contributed by atoms with Crippen molar-refractivity contribution in [1.82, 2.24) is 15.0 Å². The van der Waals surface area contributed by atoms with Crippen molar-refractivity contribution in [1.29, 1.82) is 0 Å². The SMILES string of the molecule is CCOC(=O)c1nc(-c2ccccc2)oc1-c1nc(C2CC2)ncc1-c1ccccc1Cl. The summed E-state index contributed by atoms with van der Waals surface area (Å²) in [5, 5.41) is 0.553. The van der Waals surface area contributed by atoms with Crippen LogP contribution >= 0.6 is 11.6 Å². The first-order valence-electron chi connectivity index (χ1n) is 10.5. The minimum Gasteiger partial charge on any atom is -0.461 e. The topological polar surface area (TPSA) is 78.1 Å². The van der Waals surface area contributed by atoms with Crippen LogP contribution in [0, 0.1) is 0 Å². The highest BCUT2D eigenvalue weighted by Crippen LogP contribution is 2.42. The maximum Gasteiger partial charge on any atom is 0.361 e. The molecule has 0 saturated heterocycles. The van der Waals surface area contributed by atoms with Gasteiger partial charge in [0.2, 0.25) is 5.89 Å². The van der Waals surface area contributed by atoms with Crippen LogP contribution in [-0.2, 0) is 4.74 Å². The molecule has 1 fully saturated rings. The Balaban J connectivity index is 1.74. The Bertz CT molecular complexity index is 1280. The zero-order valence-corrected chi connectivity index (χ0v) is 18.2. The van der Waals surface area contributed by atoms with Gasteiger partial charge in [0.25, 0.3) is 0 Å². The molecular formula is C25H20ClN3O3. The summed E-state index contributed by atoms with van der Waals surface area (Å²) in [6.07, 6.45) is 3.83. The van der Waals surface area contributed by atoms with Crippen LogP contribution in [0.3, 0.4) is 0 Å². The molecule has 4 aromatic rings. The second-order valence-electron chi connectivity index (χ2n) is 7.53. The molecule has 7 heteroatoms. The molecule has 160 valence electrons. The minimum atomic E-state index is -0.565. The van der Waals surface area contributed by atoms with Crippen molar-refractivity contribution in [2.45, 2.75) is 25.7 Å². The Kier molecular flexibility index (Phi) is 5.45. The van der Waals surface area contributed by atoms with Gasteiger partial charge in [-0.05, 0) is 38.0 Å². The number of halogens is 1. The normalized spacial score (nSPS) is 13.2. The van der Waals surface area contributed by atoms with Crippen LogP contribution in [0.2, 0.25) is 5.02 Å². The molecule has 2 aromatic heterocycles. The third-order valence-electron chi connectivity index (χ3n) is 5.25. The molecule has 1 saturated carbocycles. The monoisotopic (exact) mass is 445 g/mol. The van der Waals surface area contributed by atoms with Crippen LogP contribution in [0.5, 0.6) is 0 Å². The molecule has 0 atom stereocenters. The number of hydrogen-bond donors (Lipinski definition) is 0. The number of nitrogens with zero attached hydrogens (tertiary/aromatic N) is 3. The molecule has 1 aliphatic carbocycles. The van der Waals surface area contributed by atoms with Gasteiger partial charge >= 0.3 is 5.97 Å². The van der Waals surface area contributed by atoms with Crippen LogP contribution in [0.1, 0.15) is 42.0 Å². The van der Waals surface area contributed by atoms with E-state index in [1.807, 2.05) is 48.5 Å². The van der Waals surface area contributed by atoms with Crippen LogP contribution in [0.15, 0.2) is 65.2 Å². The second kappa shape index (κ2) is 8.55. The van der Waals surface area contributed by atoms with E-state index in [0.717, 1.165) is 29.8 Å². The molecule has 0 bridgehead atoms. The molecule has 32 heavy (non-hydrogen) atoms. The van der Waals surface area contributed by atoms with E-state index in [9.17, 15) is 4.79 Å². The van der Waals surface area contributed by atoms with E-state index in [1.165, 1.54) is 0 Å². The zero-order valence-electron chi connectivity index (χ0n) is 17.4. The van der Waals surface area contributed by atoms with Gasteiger partial charge in [0.15, 0.2) is 11.5 Å². The summed E-state index contributed by atoms with van der Waals surface area (Å²) in [6.45, 7) is 1.97. The number of aromatic nitrogens is 3. The van der Waals surface area contributed by atoms with Crippen molar-refractivity contribution in [2.75, 3.05) is 6.61 Å². The number of carbonyl (C=O) groups is 1. The highest BCUT2D eigenvalue weighted by Gasteiger charge is 2.31. The Morgan fingerprint density at radius 1 is 1.06 bits per heavy atom. The van der Waals surface area contributed by atoms with Gasteiger partial charge in [-0.3, -0.25) is 0 Å². The standard InChI is InChI=1S/C25H20ClN3O3/c1-2-31-25(30)21-22(32-24(29-21)16-8-4-3-5-9-16)20-18(17-10-6-7-11-19(17)26)14-27-23(28-20)15-12-13-15/h3-11,14-15H,2,12-13H2,1H3. The molecule has 6 nitrogen and oxygen atoms in total. The Morgan fingerprint density at radius 3 is 2.53 bits per heavy atom. The van der Waals surface area contributed by atoms with Crippen molar-refractivity contribution < 1.29 is 13.9 Å². The number of esters is 1. The van der Waals surface area contributed by atoms with Gasteiger partial charge in [-0.15, -0.1) is 0 Å². The van der Waals surface area contributed by atoms with E-state index >= 15 is 0 Å². The summed E-state index contributed by atoms with van der Waals surface area (Å²) in [5.74, 6) is 1.05. The molecule has 2 aromatic carbocycles. The van der Waals surface area contributed by atoms with Gasteiger partial charge in [0, 0.05) is 33.8 Å². The molecule has 5 rings (SSSR count). The summed E-state index contributed by atoms with van der Waals surface area (Å²) in [5.41, 5.74) is 2.73. The number of rotatable bonds is 6.